The van der Waals surface area contributed by atoms with E-state index >= 15 is 0 Å². The maximum atomic E-state index is 13.6. The van der Waals surface area contributed by atoms with Gasteiger partial charge in [-0.2, -0.15) is 0 Å². The minimum Gasteiger partial charge on any atom is -0.478 e. The molecule has 1 atom stereocenters. The van der Waals surface area contributed by atoms with Crippen LogP contribution in [0.2, 0.25) is 0 Å². The van der Waals surface area contributed by atoms with Crippen LogP contribution in [-0.2, 0) is 9.84 Å². The van der Waals surface area contributed by atoms with Crippen LogP contribution in [0.4, 0.5) is 10.1 Å². The summed E-state index contributed by atoms with van der Waals surface area (Å²) in [5, 5.41) is 11.0. The molecule has 2 N–H and O–H groups in total. The van der Waals surface area contributed by atoms with E-state index in [1.165, 1.54) is 12.1 Å². The van der Waals surface area contributed by atoms with Gasteiger partial charge in [0, 0.05) is 6.54 Å². The van der Waals surface area contributed by atoms with Crippen molar-refractivity contribution in [2.75, 3.05) is 17.6 Å². The maximum absolute atomic E-state index is 13.6. The van der Waals surface area contributed by atoms with Gasteiger partial charge in [-0.25, -0.2) is 17.6 Å². The molecule has 19 heavy (non-hydrogen) atoms. The molecule has 1 aliphatic rings. The van der Waals surface area contributed by atoms with Crippen LogP contribution in [0.3, 0.4) is 0 Å². The molecule has 1 unspecified atom stereocenters. The molecule has 1 heterocycles. The van der Waals surface area contributed by atoms with Crippen molar-refractivity contribution in [2.45, 2.75) is 18.1 Å². The third kappa shape index (κ3) is 2.86. The fourth-order valence-electron chi connectivity index (χ4n) is 2.19. The number of carboxylic acid groups (broad SMARTS) is 1. The minimum absolute atomic E-state index is 0.0313. The van der Waals surface area contributed by atoms with Crippen LogP contribution in [0, 0.1) is 5.82 Å². The average Bonchev–Trinajstić information content (AvgIpc) is 2.66. The van der Waals surface area contributed by atoms with E-state index in [0.717, 1.165) is 6.07 Å². The smallest absolute Gasteiger partial charge is 0.337 e. The number of hydrogen-bond donors (Lipinski definition) is 2. The predicted molar refractivity (Wildman–Crippen MR) is 68.7 cm³/mol. The van der Waals surface area contributed by atoms with Gasteiger partial charge in [0.05, 0.1) is 22.3 Å². The molecule has 0 aromatic heterocycles. The van der Waals surface area contributed by atoms with E-state index in [4.69, 9.17) is 5.11 Å². The van der Waals surface area contributed by atoms with Crippen molar-refractivity contribution in [1.29, 1.82) is 0 Å². The molecule has 0 saturated carbocycles. The van der Waals surface area contributed by atoms with E-state index in [1.54, 1.807) is 0 Å². The number of hydrogen-bond acceptors (Lipinski definition) is 4. The average molecular weight is 287 g/mol. The monoisotopic (exact) mass is 287 g/mol. The van der Waals surface area contributed by atoms with Crippen LogP contribution in [0.1, 0.15) is 23.2 Å². The summed E-state index contributed by atoms with van der Waals surface area (Å²) in [6.45, 7) is 0.0313. The highest BCUT2D eigenvalue weighted by Gasteiger charge is 2.31. The van der Waals surface area contributed by atoms with Crippen LogP contribution < -0.4 is 5.32 Å². The number of benzene rings is 1. The first-order chi connectivity index (χ1) is 8.92. The number of carbonyl (C=O) groups is 1. The summed E-state index contributed by atoms with van der Waals surface area (Å²) in [5.74, 6) is -1.81. The summed E-state index contributed by atoms with van der Waals surface area (Å²) in [4.78, 5) is 11.0. The van der Waals surface area contributed by atoms with E-state index in [9.17, 15) is 17.6 Å². The Hall–Kier alpha value is -1.63. The largest absolute Gasteiger partial charge is 0.478 e. The Balaban J connectivity index is 2.18. The minimum atomic E-state index is -3.14. The highest BCUT2D eigenvalue weighted by atomic mass is 32.2. The van der Waals surface area contributed by atoms with Crippen LogP contribution in [0.15, 0.2) is 18.2 Å². The highest BCUT2D eigenvalue weighted by Crippen LogP contribution is 2.23. The SMILES string of the molecule is O=C(O)c1cccc(F)c1NCC1CCCS1(=O)=O. The summed E-state index contributed by atoms with van der Waals surface area (Å²) < 4.78 is 36.9. The maximum Gasteiger partial charge on any atom is 0.337 e. The quantitative estimate of drug-likeness (QED) is 0.877. The molecule has 5 nitrogen and oxygen atoms in total. The summed E-state index contributed by atoms with van der Waals surface area (Å²) in [5.41, 5.74) is -0.354. The van der Waals surface area contributed by atoms with Crippen molar-refractivity contribution >= 4 is 21.5 Å². The Bertz CT molecular complexity index is 600. The Labute approximate surface area is 110 Å². The van der Waals surface area contributed by atoms with E-state index in [1.807, 2.05) is 0 Å². The second-order valence-corrected chi connectivity index (χ2v) is 6.88. The fraction of sp³-hybridized carbons (Fsp3) is 0.417. The van der Waals surface area contributed by atoms with Gasteiger partial charge < -0.3 is 10.4 Å². The van der Waals surface area contributed by atoms with Gasteiger partial charge in [0.2, 0.25) is 0 Å². The van der Waals surface area contributed by atoms with Crippen molar-refractivity contribution in [3.63, 3.8) is 0 Å². The van der Waals surface area contributed by atoms with Crippen LogP contribution in [0.5, 0.6) is 0 Å². The Morgan fingerprint density at radius 1 is 1.47 bits per heavy atom. The van der Waals surface area contributed by atoms with E-state index in [-0.39, 0.29) is 23.5 Å². The van der Waals surface area contributed by atoms with Crippen LogP contribution in [-0.4, -0.2) is 37.0 Å². The van der Waals surface area contributed by atoms with Gasteiger partial charge in [-0.3, -0.25) is 0 Å². The number of sulfone groups is 1. The number of aromatic carboxylic acids is 1. The number of carboxylic acids is 1. The van der Waals surface area contributed by atoms with Gasteiger partial charge in [0.15, 0.2) is 9.84 Å². The molecule has 1 aromatic rings. The zero-order chi connectivity index (χ0) is 14.0. The molecule has 0 radical (unpaired) electrons. The molecule has 1 aliphatic heterocycles. The molecule has 0 aliphatic carbocycles. The second-order valence-electron chi connectivity index (χ2n) is 4.48. The Kier molecular flexibility index (Phi) is 3.75. The van der Waals surface area contributed by atoms with E-state index in [0.29, 0.717) is 12.8 Å². The molecule has 2 rings (SSSR count). The summed E-state index contributed by atoms with van der Waals surface area (Å²) in [6, 6.07) is 3.71. The number of rotatable bonds is 4. The zero-order valence-corrected chi connectivity index (χ0v) is 10.9. The molecule has 1 fully saturated rings. The fourth-order valence-corrected chi connectivity index (χ4v) is 3.95. The summed E-state index contributed by atoms with van der Waals surface area (Å²) >= 11 is 0. The molecule has 1 saturated heterocycles. The third-order valence-electron chi connectivity index (χ3n) is 3.21. The molecule has 0 bridgehead atoms. The highest BCUT2D eigenvalue weighted by molar-refractivity contribution is 7.92. The second kappa shape index (κ2) is 5.16. The van der Waals surface area contributed by atoms with Gasteiger partial charge in [-0.15, -0.1) is 0 Å². The third-order valence-corrected chi connectivity index (χ3v) is 5.49. The lowest BCUT2D eigenvalue weighted by Gasteiger charge is -2.14. The number of nitrogens with one attached hydrogen (secondary N) is 1. The summed E-state index contributed by atoms with van der Waals surface area (Å²) in [6.07, 6.45) is 1.12. The lowest BCUT2D eigenvalue weighted by molar-refractivity contribution is 0.0697. The normalized spacial score (nSPS) is 21.2. The lowest BCUT2D eigenvalue weighted by atomic mass is 10.1. The zero-order valence-electron chi connectivity index (χ0n) is 10.1. The molecule has 0 spiro atoms. The van der Waals surface area contributed by atoms with Gasteiger partial charge in [-0.1, -0.05) is 6.07 Å². The summed E-state index contributed by atoms with van der Waals surface area (Å²) in [7, 11) is -3.14. The Morgan fingerprint density at radius 3 is 2.79 bits per heavy atom. The molecule has 0 amide bonds. The number of para-hydroxylation sites is 1. The van der Waals surface area contributed by atoms with Gasteiger partial charge in [0.25, 0.3) is 0 Å². The predicted octanol–water partition coefficient (Wildman–Crippen LogP) is 1.51. The van der Waals surface area contributed by atoms with Gasteiger partial charge in [0.1, 0.15) is 5.82 Å². The molecule has 104 valence electrons. The van der Waals surface area contributed by atoms with Crippen molar-refractivity contribution in [2.24, 2.45) is 0 Å². The van der Waals surface area contributed by atoms with E-state index < -0.39 is 26.9 Å². The number of halogens is 1. The standard InChI is InChI=1S/C12H14FNO4S/c13-10-5-1-4-9(12(15)16)11(10)14-7-8-3-2-6-19(8,17)18/h1,4-5,8,14H,2-3,6-7H2,(H,15,16). The van der Waals surface area contributed by atoms with Crippen molar-refractivity contribution in [3.05, 3.63) is 29.6 Å². The molecular weight excluding hydrogens is 273 g/mol. The molecular formula is C12H14FNO4S. The lowest BCUT2D eigenvalue weighted by Crippen LogP contribution is -2.26. The topological polar surface area (TPSA) is 83.5 Å². The van der Waals surface area contributed by atoms with Crippen molar-refractivity contribution in [3.8, 4) is 0 Å². The van der Waals surface area contributed by atoms with Crippen molar-refractivity contribution in [1.82, 2.24) is 0 Å². The van der Waals surface area contributed by atoms with Crippen molar-refractivity contribution < 1.29 is 22.7 Å². The van der Waals surface area contributed by atoms with Gasteiger partial charge in [-0.05, 0) is 25.0 Å². The van der Waals surface area contributed by atoms with Crippen LogP contribution in [0.25, 0.3) is 0 Å². The van der Waals surface area contributed by atoms with Crippen LogP contribution >= 0.6 is 0 Å². The van der Waals surface area contributed by atoms with E-state index in [2.05, 4.69) is 5.32 Å². The Morgan fingerprint density at radius 2 is 2.21 bits per heavy atom. The molecule has 1 aromatic carbocycles. The first kappa shape index (κ1) is 13.8. The number of anilines is 1. The first-order valence-electron chi connectivity index (χ1n) is 5.89. The van der Waals surface area contributed by atoms with Gasteiger partial charge >= 0.3 is 5.97 Å². The molecule has 7 heteroatoms. The first-order valence-corrected chi connectivity index (χ1v) is 7.60.